The Labute approximate surface area is 174 Å². The molecule has 1 atom stereocenters. The molecule has 0 fully saturated rings. The van der Waals surface area contributed by atoms with Crippen LogP contribution in [0.4, 0.5) is 17.1 Å². The van der Waals surface area contributed by atoms with Gasteiger partial charge in [0.2, 0.25) is 0 Å². The Morgan fingerprint density at radius 1 is 1.03 bits per heavy atom. The second-order valence-electron chi connectivity index (χ2n) is 6.97. The predicted octanol–water partition coefficient (Wildman–Crippen LogP) is 4.51. The van der Waals surface area contributed by atoms with E-state index >= 15 is 0 Å². The molecule has 0 saturated carbocycles. The highest BCUT2D eigenvalue weighted by atomic mass is 35.5. The number of nitrogens with zero attached hydrogens (tertiary/aromatic N) is 1. The molecule has 0 amide bonds. The van der Waals surface area contributed by atoms with Crippen molar-refractivity contribution in [1.82, 2.24) is 4.98 Å². The van der Waals surface area contributed by atoms with Gasteiger partial charge in [-0.25, -0.2) is 0 Å². The lowest BCUT2D eigenvalue weighted by Gasteiger charge is -2.19. The summed E-state index contributed by atoms with van der Waals surface area (Å²) in [5.74, 6) is 0.818. The summed E-state index contributed by atoms with van der Waals surface area (Å²) in [7, 11) is 0. The second kappa shape index (κ2) is 10.1. The van der Waals surface area contributed by atoms with Crippen LogP contribution in [0.15, 0.2) is 58.4 Å². The summed E-state index contributed by atoms with van der Waals surface area (Å²) in [4.78, 5) is 27.8. The van der Waals surface area contributed by atoms with E-state index in [1.807, 2.05) is 31.2 Å². The van der Waals surface area contributed by atoms with Crippen molar-refractivity contribution in [2.45, 2.75) is 38.6 Å². The molecular weight excluding hydrogens is 390 g/mol. The average Bonchev–Trinajstić information content (AvgIpc) is 2.74. The highest BCUT2D eigenvalue weighted by molar-refractivity contribution is 6.30. The van der Waals surface area contributed by atoms with Gasteiger partial charge in [-0.3, -0.25) is 14.6 Å². The Bertz CT molecular complexity index is 983. The maximum atomic E-state index is 11.9. The minimum absolute atomic E-state index is 0.0879. The van der Waals surface area contributed by atoms with Crippen LogP contribution in [0.5, 0.6) is 5.75 Å². The molecule has 0 bridgehead atoms. The quantitative estimate of drug-likeness (QED) is 0.355. The van der Waals surface area contributed by atoms with Crippen molar-refractivity contribution in [2.75, 3.05) is 17.2 Å². The monoisotopic (exact) mass is 413 g/mol. The van der Waals surface area contributed by atoms with E-state index in [-0.39, 0.29) is 6.04 Å². The van der Waals surface area contributed by atoms with Crippen molar-refractivity contribution in [3.05, 3.63) is 74.3 Å². The highest BCUT2D eigenvalue weighted by Crippen LogP contribution is 2.21. The Kier molecular flexibility index (Phi) is 7.25. The molecule has 2 N–H and O–H groups in total. The first kappa shape index (κ1) is 20.9. The molecule has 152 valence electrons. The number of benzene rings is 1. The Balaban J connectivity index is 1.38. The molecule has 1 heterocycles. The maximum absolute atomic E-state index is 11.9. The summed E-state index contributed by atoms with van der Waals surface area (Å²) < 4.78 is 5.68. The molecule has 1 aromatic heterocycles. The van der Waals surface area contributed by atoms with Gasteiger partial charge in [-0.05, 0) is 62.6 Å². The second-order valence-corrected chi connectivity index (χ2v) is 7.41. The summed E-state index contributed by atoms with van der Waals surface area (Å²) in [6.07, 6.45) is 7.12. The predicted molar refractivity (Wildman–Crippen MR) is 117 cm³/mol. The molecule has 0 aliphatic heterocycles. The minimum Gasteiger partial charge on any atom is -0.494 e. The largest absolute Gasteiger partial charge is 0.494 e. The zero-order chi connectivity index (χ0) is 20.6. The number of hydrogen-bond donors (Lipinski definition) is 2. The number of unbranched alkanes of at least 4 members (excludes halogenated alkanes) is 2. The molecule has 3 rings (SSSR count). The summed E-state index contributed by atoms with van der Waals surface area (Å²) in [6.45, 7) is 2.66. The smallest absolute Gasteiger partial charge is 0.253 e. The SMILES string of the molecule is CC(CCCCCOc1ccc(Cl)cc1)Nc1c(Nc2cccnc2)c(=O)c1=O. The first-order valence-corrected chi connectivity index (χ1v) is 10.1. The van der Waals surface area contributed by atoms with Crippen LogP contribution in [0.3, 0.4) is 0 Å². The summed E-state index contributed by atoms with van der Waals surface area (Å²) in [5, 5.41) is 6.84. The fraction of sp³-hybridized carbons (Fsp3) is 0.318. The van der Waals surface area contributed by atoms with Gasteiger partial charge in [-0.15, -0.1) is 0 Å². The first-order valence-electron chi connectivity index (χ1n) is 9.70. The van der Waals surface area contributed by atoms with E-state index in [1.54, 1.807) is 24.5 Å². The van der Waals surface area contributed by atoms with Crippen LogP contribution in [0.2, 0.25) is 5.02 Å². The molecule has 0 spiro atoms. The number of pyridine rings is 1. The third-order valence-electron chi connectivity index (χ3n) is 4.60. The van der Waals surface area contributed by atoms with E-state index in [1.165, 1.54) is 0 Å². The van der Waals surface area contributed by atoms with Gasteiger partial charge in [-0.2, -0.15) is 0 Å². The zero-order valence-corrected chi connectivity index (χ0v) is 17.0. The van der Waals surface area contributed by atoms with Crippen molar-refractivity contribution in [2.24, 2.45) is 0 Å². The van der Waals surface area contributed by atoms with E-state index in [0.29, 0.717) is 28.7 Å². The number of nitrogens with one attached hydrogen (secondary N) is 2. The van der Waals surface area contributed by atoms with E-state index in [4.69, 9.17) is 16.3 Å². The van der Waals surface area contributed by atoms with Crippen molar-refractivity contribution in [1.29, 1.82) is 0 Å². The van der Waals surface area contributed by atoms with Crippen LogP contribution >= 0.6 is 11.6 Å². The number of ether oxygens (including phenoxy) is 1. The van der Waals surface area contributed by atoms with Crippen LogP contribution < -0.4 is 26.2 Å². The number of rotatable bonds is 11. The van der Waals surface area contributed by atoms with Crippen molar-refractivity contribution in [3.8, 4) is 5.75 Å². The van der Waals surface area contributed by atoms with Crippen LogP contribution in [-0.2, 0) is 0 Å². The Morgan fingerprint density at radius 3 is 2.52 bits per heavy atom. The average molecular weight is 414 g/mol. The lowest BCUT2D eigenvalue weighted by molar-refractivity contribution is 0.304. The van der Waals surface area contributed by atoms with Crippen LogP contribution in [0.1, 0.15) is 32.6 Å². The van der Waals surface area contributed by atoms with E-state index in [2.05, 4.69) is 15.6 Å². The molecule has 7 heteroatoms. The van der Waals surface area contributed by atoms with Gasteiger partial charge in [0.15, 0.2) is 0 Å². The molecule has 29 heavy (non-hydrogen) atoms. The number of aromatic nitrogens is 1. The normalized spacial score (nSPS) is 11.9. The van der Waals surface area contributed by atoms with E-state index < -0.39 is 10.9 Å². The Morgan fingerprint density at radius 2 is 1.79 bits per heavy atom. The Hall–Kier alpha value is -2.86. The van der Waals surface area contributed by atoms with Gasteiger partial charge >= 0.3 is 0 Å². The molecule has 1 unspecified atom stereocenters. The molecule has 0 radical (unpaired) electrons. The van der Waals surface area contributed by atoms with Crippen molar-refractivity contribution < 1.29 is 4.74 Å². The molecule has 6 nitrogen and oxygen atoms in total. The fourth-order valence-electron chi connectivity index (χ4n) is 3.00. The lowest BCUT2D eigenvalue weighted by atomic mass is 10.1. The third-order valence-corrected chi connectivity index (χ3v) is 4.85. The van der Waals surface area contributed by atoms with Gasteiger partial charge in [0.25, 0.3) is 10.9 Å². The standard InChI is InChI=1S/C22H24ClN3O3/c1-15(6-3-2-4-13-29-18-10-8-16(23)9-11-18)25-19-20(22(28)21(19)27)26-17-7-5-12-24-14-17/h5,7-12,14-15,25-26H,2-4,6,13H2,1H3. The van der Waals surface area contributed by atoms with Crippen LogP contribution in [0, 0.1) is 0 Å². The molecular formula is C22H24ClN3O3. The lowest BCUT2D eigenvalue weighted by Crippen LogP contribution is -2.38. The number of hydrogen-bond acceptors (Lipinski definition) is 6. The molecule has 2 aromatic carbocycles. The summed E-state index contributed by atoms with van der Waals surface area (Å²) >= 11 is 5.85. The highest BCUT2D eigenvalue weighted by Gasteiger charge is 2.22. The minimum atomic E-state index is -0.497. The molecule has 3 aromatic rings. The van der Waals surface area contributed by atoms with Gasteiger partial charge in [-0.1, -0.05) is 18.0 Å². The topological polar surface area (TPSA) is 80.3 Å². The summed E-state index contributed by atoms with van der Waals surface area (Å²) in [6, 6.07) is 11.0. The maximum Gasteiger partial charge on any atom is 0.253 e. The van der Waals surface area contributed by atoms with Crippen LogP contribution in [0.25, 0.3) is 0 Å². The van der Waals surface area contributed by atoms with Gasteiger partial charge < -0.3 is 15.4 Å². The van der Waals surface area contributed by atoms with E-state index in [9.17, 15) is 9.59 Å². The van der Waals surface area contributed by atoms with Gasteiger partial charge in [0, 0.05) is 17.3 Å². The van der Waals surface area contributed by atoms with Gasteiger partial charge in [0.1, 0.15) is 17.1 Å². The molecule has 0 aliphatic carbocycles. The van der Waals surface area contributed by atoms with Gasteiger partial charge in [0.05, 0.1) is 18.5 Å². The molecule has 0 aliphatic rings. The zero-order valence-electron chi connectivity index (χ0n) is 16.3. The molecule has 0 saturated heterocycles. The third kappa shape index (κ3) is 5.81. The van der Waals surface area contributed by atoms with Crippen molar-refractivity contribution >= 4 is 28.7 Å². The van der Waals surface area contributed by atoms with E-state index in [0.717, 1.165) is 31.4 Å². The van der Waals surface area contributed by atoms with Crippen LogP contribution in [-0.4, -0.2) is 17.6 Å². The number of anilines is 3. The first-order chi connectivity index (χ1) is 14.0. The summed E-state index contributed by atoms with van der Waals surface area (Å²) in [5.41, 5.74) is 0.377. The van der Waals surface area contributed by atoms with Crippen molar-refractivity contribution in [3.63, 3.8) is 0 Å². The number of halogens is 1. The fourth-order valence-corrected chi connectivity index (χ4v) is 3.12.